The van der Waals surface area contributed by atoms with Crippen molar-refractivity contribution in [2.75, 3.05) is 25.0 Å². The van der Waals surface area contributed by atoms with Crippen molar-refractivity contribution >= 4 is 17.3 Å². The molecule has 0 bridgehead atoms. The number of halogens is 1. The summed E-state index contributed by atoms with van der Waals surface area (Å²) in [6.07, 6.45) is 3.65. The number of aliphatic hydroxyl groups excluding tert-OH is 1. The molecular weight excluding hydrogens is 248 g/mol. The molecule has 2 aliphatic rings. The monoisotopic (exact) mass is 266 g/mol. The van der Waals surface area contributed by atoms with Crippen LogP contribution in [0.15, 0.2) is 24.3 Å². The minimum Gasteiger partial charge on any atom is -0.394 e. The molecule has 1 atom stereocenters. The molecule has 1 aromatic rings. The summed E-state index contributed by atoms with van der Waals surface area (Å²) in [6, 6.07) is 8.47. The number of benzene rings is 1. The average molecular weight is 267 g/mol. The fraction of sp³-hybridized carbons (Fsp3) is 0.571. The zero-order chi connectivity index (χ0) is 12.6. The van der Waals surface area contributed by atoms with Gasteiger partial charge in [-0.1, -0.05) is 11.6 Å². The summed E-state index contributed by atoms with van der Waals surface area (Å²) in [5, 5.41) is 14.0. The highest BCUT2D eigenvalue weighted by Gasteiger charge is 2.42. The second-order valence-corrected chi connectivity index (χ2v) is 5.96. The molecule has 2 fully saturated rings. The first-order valence-electron chi connectivity index (χ1n) is 6.59. The van der Waals surface area contributed by atoms with Crippen LogP contribution in [0, 0.1) is 0 Å². The van der Waals surface area contributed by atoms with E-state index in [4.69, 9.17) is 11.6 Å². The Morgan fingerprint density at radius 1 is 1.33 bits per heavy atom. The SMILES string of the molecule is OCC1(Nc2ccc(Cl)cc2)CCN(C2CC2)C1. The Kier molecular flexibility index (Phi) is 3.22. The highest BCUT2D eigenvalue weighted by Crippen LogP contribution is 2.35. The van der Waals surface area contributed by atoms with Crippen LogP contribution in [0.4, 0.5) is 5.69 Å². The molecule has 1 unspecified atom stereocenters. The van der Waals surface area contributed by atoms with Gasteiger partial charge in [-0.05, 0) is 43.5 Å². The first kappa shape index (κ1) is 12.3. The fourth-order valence-corrected chi connectivity index (χ4v) is 2.89. The van der Waals surface area contributed by atoms with Crippen molar-refractivity contribution in [2.45, 2.75) is 30.8 Å². The fourth-order valence-electron chi connectivity index (χ4n) is 2.77. The molecule has 4 heteroatoms. The van der Waals surface area contributed by atoms with E-state index in [0.717, 1.165) is 36.3 Å². The lowest BCUT2D eigenvalue weighted by Crippen LogP contribution is -2.45. The number of nitrogens with one attached hydrogen (secondary N) is 1. The molecular formula is C14H19ClN2O. The largest absolute Gasteiger partial charge is 0.394 e. The van der Waals surface area contributed by atoms with Gasteiger partial charge in [0, 0.05) is 29.8 Å². The van der Waals surface area contributed by atoms with Crippen LogP contribution in [-0.4, -0.2) is 41.3 Å². The van der Waals surface area contributed by atoms with Crippen molar-refractivity contribution < 1.29 is 5.11 Å². The van der Waals surface area contributed by atoms with Crippen LogP contribution in [-0.2, 0) is 0 Å². The number of likely N-dealkylation sites (tertiary alicyclic amines) is 1. The second-order valence-electron chi connectivity index (χ2n) is 5.52. The van der Waals surface area contributed by atoms with E-state index in [1.165, 1.54) is 12.8 Å². The van der Waals surface area contributed by atoms with Crippen LogP contribution in [0.5, 0.6) is 0 Å². The molecule has 0 spiro atoms. The Bertz CT molecular complexity index is 418. The van der Waals surface area contributed by atoms with Crippen LogP contribution >= 0.6 is 11.6 Å². The summed E-state index contributed by atoms with van der Waals surface area (Å²) < 4.78 is 0. The van der Waals surface area contributed by atoms with E-state index < -0.39 is 0 Å². The third-order valence-corrected chi connectivity index (χ3v) is 4.25. The number of rotatable bonds is 4. The molecule has 3 nitrogen and oxygen atoms in total. The number of aliphatic hydroxyl groups is 1. The maximum absolute atomic E-state index is 9.74. The van der Waals surface area contributed by atoms with Gasteiger partial charge >= 0.3 is 0 Å². The highest BCUT2D eigenvalue weighted by atomic mass is 35.5. The molecule has 1 saturated heterocycles. The minimum absolute atomic E-state index is 0.179. The smallest absolute Gasteiger partial charge is 0.0742 e. The van der Waals surface area contributed by atoms with Gasteiger partial charge in [-0.3, -0.25) is 4.90 Å². The van der Waals surface area contributed by atoms with Crippen molar-refractivity contribution in [1.82, 2.24) is 4.90 Å². The lowest BCUT2D eigenvalue weighted by atomic mass is 9.99. The topological polar surface area (TPSA) is 35.5 Å². The van der Waals surface area contributed by atoms with Gasteiger partial charge in [0.1, 0.15) is 0 Å². The molecule has 1 heterocycles. The molecule has 1 saturated carbocycles. The molecule has 18 heavy (non-hydrogen) atoms. The second kappa shape index (κ2) is 4.72. The zero-order valence-corrected chi connectivity index (χ0v) is 11.2. The lowest BCUT2D eigenvalue weighted by Gasteiger charge is -2.30. The summed E-state index contributed by atoms with van der Waals surface area (Å²) in [5.74, 6) is 0. The summed E-state index contributed by atoms with van der Waals surface area (Å²) in [5.41, 5.74) is 0.849. The average Bonchev–Trinajstić information content (AvgIpc) is 3.15. The quantitative estimate of drug-likeness (QED) is 0.878. The third-order valence-electron chi connectivity index (χ3n) is 4.00. The Morgan fingerprint density at radius 3 is 2.67 bits per heavy atom. The van der Waals surface area contributed by atoms with Crippen molar-refractivity contribution in [1.29, 1.82) is 0 Å². The van der Waals surface area contributed by atoms with E-state index in [0.29, 0.717) is 0 Å². The Balaban J connectivity index is 1.70. The molecule has 98 valence electrons. The van der Waals surface area contributed by atoms with Gasteiger partial charge < -0.3 is 10.4 Å². The molecule has 1 aromatic carbocycles. The molecule has 0 aromatic heterocycles. The first-order chi connectivity index (χ1) is 8.71. The van der Waals surface area contributed by atoms with Gasteiger partial charge in [0.25, 0.3) is 0 Å². The van der Waals surface area contributed by atoms with Crippen molar-refractivity contribution in [3.05, 3.63) is 29.3 Å². The predicted octanol–water partition coefficient (Wildman–Crippen LogP) is 2.35. The van der Waals surface area contributed by atoms with Gasteiger partial charge in [-0.2, -0.15) is 0 Å². The number of hydrogen-bond acceptors (Lipinski definition) is 3. The standard InChI is InChI=1S/C14H19ClN2O/c15-11-1-3-12(4-2-11)16-14(10-18)7-8-17(9-14)13-5-6-13/h1-4,13,16,18H,5-10H2. The van der Waals surface area contributed by atoms with Crippen LogP contribution in [0.2, 0.25) is 5.02 Å². The number of hydrogen-bond donors (Lipinski definition) is 2. The summed E-state index contributed by atoms with van der Waals surface area (Å²) in [6.45, 7) is 2.21. The minimum atomic E-state index is -0.184. The molecule has 3 rings (SSSR count). The van der Waals surface area contributed by atoms with Gasteiger partial charge in [0.2, 0.25) is 0 Å². The maximum atomic E-state index is 9.74. The van der Waals surface area contributed by atoms with Gasteiger partial charge in [-0.15, -0.1) is 0 Å². The van der Waals surface area contributed by atoms with Gasteiger partial charge in [-0.25, -0.2) is 0 Å². The normalized spacial score (nSPS) is 28.6. The zero-order valence-electron chi connectivity index (χ0n) is 10.4. The van der Waals surface area contributed by atoms with E-state index in [-0.39, 0.29) is 12.1 Å². The van der Waals surface area contributed by atoms with Gasteiger partial charge in [0.15, 0.2) is 0 Å². The van der Waals surface area contributed by atoms with Gasteiger partial charge in [0.05, 0.1) is 12.1 Å². The molecule has 1 aliphatic heterocycles. The number of anilines is 1. The maximum Gasteiger partial charge on any atom is 0.0742 e. The number of nitrogens with zero attached hydrogens (tertiary/aromatic N) is 1. The molecule has 2 N–H and O–H groups in total. The third kappa shape index (κ3) is 2.48. The van der Waals surface area contributed by atoms with E-state index in [2.05, 4.69) is 10.2 Å². The molecule has 1 aliphatic carbocycles. The highest BCUT2D eigenvalue weighted by molar-refractivity contribution is 6.30. The Labute approximate surface area is 113 Å². The van der Waals surface area contributed by atoms with E-state index >= 15 is 0 Å². The molecule has 0 amide bonds. The Morgan fingerprint density at radius 2 is 2.06 bits per heavy atom. The predicted molar refractivity (Wildman–Crippen MR) is 74.1 cm³/mol. The van der Waals surface area contributed by atoms with E-state index in [9.17, 15) is 5.11 Å². The van der Waals surface area contributed by atoms with Crippen LogP contribution in [0.25, 0.3) is 0 Å². The summed E-state index contributed by atoms with van der Waals surface area (Å²) in [7, 11) is 0. The van der Waals surface area contributed by atoms with Crippen molar-refractivity contribution in [3.8, 4) is 0 Å². The lowest BCUT2D eigenvalue weighted by molar-refractivity contribution is 0.205. The molecule has 0 radical (unpaired) electrons. The summed E-state index contributed by atoms with van der Waals surface area (Å²) >= 11 is 5.88. The first-order valence-corrected chi connectivity index (χ1v) is 6.97. The van der Waals surface area contributed by atoms with Crippen LogP contribution < -0.4 is 5.32 Å². The summed E-state index contributed by atoms with van der Waals surface area (Å²) in [4.78, 5) is 2.50. The van der Waals surface area contributed by atoms with Crippen molar-refractivity contribution in [3.63, 3.8) is 0 Å². The van der Waals surface area contributed by atoms with E-state index in [1.54, 1.807) is 0 Å². The van der Waals surface area contributed by atoms with Crippen molar-refractivity contribution in [2.24, 2.45) is 0 Å². The Hall–Kier alpha value is -0.770. The van der Waals surface area contributed by atoms with E-state index in [1.807, 2.05) is 24.3 Å². The van der Waals surface area contributed by atoms with Crippen LogP contribution in [0.3, 0.4) is 0 Å². The van der Waals surface area contributed by atoms with Crippen LogP contribution in [0.1, 0.15) is 19.3 Å².